The van der Waals surface area contributed by atoms with Gasteiger partial charge in [0.15, 0.2) is 23.3 Å². The number of carbonyl (C=O) groups excluding carboxylic acids is 2. The van der Waals surface area contributed by atoms with Crippen molar-refractivity contribution in [2.75, 3.05) is 0 Å². The largest absolute Gasteiger partial charge is 0.465 e. The molecule has 0 amide bonds. The van der Waals surface area contributed by atoms with E-state index in [-0.39, 0.29) is 17.0 Å². The number of aryl methyl sites for hydroxylation is 2. The molecule has 2 unspecified atom stereocenters. The smallest absolute Gasteiger partial charge is 0.269 e. The number of ketones is 2. The van der Waals surface area contributed by atoms with Crippen LogP contribution in [0.5, 0.6) is 5.75 Å². The third kappa shape index (κ3) is 4.76. The van der Waals surface area contributed by atoms with Crippen molar-refractivity contribution in [3.63, 3.8) is 0 Å². The number of non-ortho nitro benzene ring substituents is 1. The second-order valence-corrected chi connectivity index (χ2v) is 8.75. The highest BCUT2D eigenvalue weighted by Crippen LogP contribution is 2.38. The summed E-state index contributed by atoms with van der Waals surface area (Å²) in [7, 11) is 0. The molecule has 0 aromatic heterocycles. The average molecular weight is 491 g/mol. The Bertz CT molecular complexity index is 1310. The highest BCUT2D eigenvalue weighted by Gasteiger charge is 2.58. The van der Waals surface area contributed by atoms with Crippen molar-refractivity contribution in [2.24, 2.45) is 0 Å². The molecule has 1 saturated heterocycles. The number of ether oxygens (including phenoxy) is 2. The number of hydrogen-bond donors (Lipinski definition) is 2. The van der Waals surface area contributed by atoms with Crippen molar-refractivity contribution in [3.8, 4) is 5.75 Å². The first-order valence-corrected chi connectivity index (χ1v) is 11.3. The molecule has 4 rings (SSSR count). The molecule has 1 fully saturated rings. The summed E-state index contributed by atoms with van der Waals surface area (Å²) >= 11 is 0. The van der Waals surface area contributed by atoms with E-state index in [2.05, 4.69) is 0 Å². The summed E-state index contributed by atoms with van der Waals surface area (Å²) in [6.07, 6.45) is -5.00. The van der Waals surface area contributed by atoms with E-state index in [1.807, 2.05) is 0 Å². The third-order valence-corrected chi connectivity index (χ3v) is 6.31. The standard InChI is InChI=1S/C27H25NO8/c1-16-7-3-5-9-20(16)23(29)24(30)26-27(32,25(31)21-10-6-4-8-17(21)2)15-22(36-26)35-19-13-11-18(12-14-19)28(33)34/h3-14,22-23,26,29,32H,15H2,1-2H3/t22?,23?,26-,27-/m1/s1. The SMILES string of the molecule is Cc1ccccc1C(=O)[C@]1(O)CC(Oc2ccc([N+](=O)[O-])cc2)O[C@@H]1C(=O)C(O)c1ccccc1C. The number of aliphatic hydroxyl groups excluding tert-OH is 1. The molecule has 3 aromatic carbocycles. The second kappa shape index (κ2) is 9.98. The van der Waals surface area contributed by atoms with E-state index in [0.717, 1.165) is 0 Å². The van der Waals surface area contributed by atoms with Gasteiger partial charge in [0.1, 0.15) is 11.9 Å². The zero-order chi connectivity index (χ0) is 26.0. The van der Waals surface area contributed by atoms with Gasteiger partial charge in [-0.25, -0.2) is 0 Å². The summed E-state index contributed by atoms with van der Waals surface area (Å²) in [5, 5.41) is 33.4. The Morgan fingerprint density at radius 2 is 1.64 bits per heavy atom. The lowest BCUT2D eigenvalue weighted by molar-refractivity contribution is -0.384. The van der Waals surface area contributed by atoms with Gasteiger partial charge in [-0.05, 0) is 42.7 Å². The van der Waals surface area contributed by atoms with E-state index in [1.165, 1.54) is 24.3 Å². The van der Waals surface area contributed by atoms with Crippen LogP contribution in [0, 0.1) is 24.0 Å². The lowest BCUT2D eigenvalue weighted by Crippen LogP contribution is -2.51. The molecule has 3 aromatic rings. The number of nitro benzene ring substituents is 1. The van der Waals surface area contributed by atoms with E-state index < -0.39 is 47.0 Å². The monoisotopic (exact) mass is 491 g/mol. The number of benzene rings is 3. The second-order valence-electron chi connectivity index (χ2n) is 8.75. The quantitative estimate of drug-likeness (QED) is 0.277. The fraction of sp³-hybridized carbons (Fsp3) is 0.259. The fourth-order valence-electron chi connectivity index (χ4n) is 4.31. The Balaban J connectivity index is 1.67. The van der Waals surface area contributed by atoms with Gasteiger partial charge in [-0.2, -0.15) is 0 Å². The zero-order valence-corrected chi connectivity index (χ0v) is 19.7. The number of rotatable bonds is 8. The molecule has 4 atom stereocenters. The number of carbonyl (C=O) groups is 2. The molecule has 0 saturated carbocycles. The van der Waals surface area contributed by atoms with E-state index in [9.17, 15) is 29.9 Å². The van der Waals surface area contributed by atoms with Gasteiger partial charge in [-0.1, -0.05) is 48.5 Å². The first kappa shape index (κ1) is 25.2. The molecule has 1 heterocycles. The molecule has 0 bridgehead atoms. The molecule has 2 N–H and O–H groups in total. The molecule has 0 spiro atoms. The normalized spacial score (nSPS) is 22.1. The first-order valence-electron chi connectivity index (χ1n) is 11.3. The molecular formula is C27H25NO8. The Hall–Kier alpha value is -3.92. The van der Waals surface area contributed by atoms with Gasteiger partial charge in [0.25, 0.3) is 5.69 Å². The van der Waals surface area contributed by atoms with Gasteiger partial charge in [0.05, 0.1) is 4.92 Å². The minimum atomic E-state index is -2.32. The van der Waals surface area contributed by atoms with Crippen LogP contribution in [0.3, 0.4) is 0 Å². The van der Waals surface area contributed by atoms with Gasteiger partial charge in [0.2, 0.25) is 6.29 Å². The average Bonchev–Trinajstić information content (AvgIpc) is 3.20. The zero-order valence-electron chi connectivity index (χ0n) is 19.7. The van der Waals surface area contributed by atoms with Crippen molar-refractivity contribution >= 4 is 17.3 Å². The highest BCUT2D eigenvalue weighted by molar-refractivity contribution is 6.08. The summed E-state index contributed by atoms with van der Waals surface area (Å²) in [6, 6.07) is 18.5. The first-order chi connectivity index (χ1) is 17.1. The van der Waals surface area contributed by atoms with Crippen LogP contribution in [0.4, 0.5) is 5.69 Å². The Labute approximate surface area is 207 Å². The van der Waals surface area contributed by atoms with E-state index in [0.29, 0.717) is 16.7 Å². The van der Waals surface area contributed by atoms with E-state index in [1.54, 1.807) is 62.4 Å². The molecule has 1 aliphatic heterocycles. The molecule has 36 heavy (non-hydrogen) atoms. The number of Topliss-reactive ketones (excluding diaryl/α,β-unsaturated/α-hetero) is 2. The van der Waals surface area contributed by atoms with Crippen molar-refractivity contribution in [1.82, 2.24) is 0 Å². The Morgan fingerprint density at radius 3 is 2.25 bits per heavy atom. The molecule has 0 radical (unpaired) electrons. The van der Waals surface area contributed by atoms with Crippen molar-refractivity contribution in [2.45, 2.75) is 44.4 Å². The van der Waals surface area contributed by atoms with E-state index in [4.69, 9.17) is 9.47 Å². The van der Waals surface area contributed by atoms with Gasteiger partial charge in [0, 0.05) is 24.1 Å². The summed E-state index contributed by atoms with van der Waals surface area (Å²) in [6.45, 7) is 3.43. The molecule has 0 aliphatic carbocycles. The highest BCUT2D eigenvalue weighted by atomic mass is 16.7. The summed E-state index contributed by atoms with van der Waals surface area (Å²) in [5.41, 5.74) is -0.669. The molecule has 186 valence electrons. The topological polar surface area (TPSA) is 136 Å². The van der Waals surface area contributed by atoms with Crippen molar-refractivity contribution < 1.29 is 34.2 Å². The Kier molecular flexibility index (Phi) is 6.98. The molecule has 9 nitrogen and oxygen atoms in total. The number of nitrogens with zero attached hydrogens (tertiary/aromatic N) is 1. The maximum Gasteiger partial charge on any atom is 0.269 e. The predicted octanol–water partition coefficient (Wildman–Crippen LogP) is 3.62. The lowest BCUT2D eigenvalue weighted by Gasteiger charge is -2.28. The summed E-state index contributed by atoms with van der Waals surface area (Å²) in [5.74, 6) is -1.43. The van der Waals surface area contributed by atoms with Crippen LogP contribution in [-0.4, -0.2) is 44.7 Å². The number of hydrogen-bond acceptors (Lipinski definition) is 8. The van der Waals surface area contributed by atoms with Crippen LogP contribution in [0.2, 0.25) is 0 Å². The van der Waals surface area contributed by atoms with Crippen LogP contribution >= 0.6 is 0 Å². The van der Waals surface area contributed by atoms with Crippen LogP contribution in [-0.2, 0) is 9.53 Å². The molecular weight excluding hydrogens is 466 g/mol. The minimum Gasteiger partial charge on any atom is -0.465 e. The Morgan fingerprint density at radius 1 is 1.03 bits per heavy atom. The molecule has 1 aliphatic rings. The van der Waals surface area contributed by atoms with Crippen LogP contribution < -0.4 is 4.74 Å². The molecule has 9 heteroatoms. The summed E-state index contributed by atoms with van der Waals surface area (Å²) < 4.78 is 11.5. The van der Waals surface area contributed by atoms with Crippen LogP contribution in [0.1, 0.15) is 39.6 Å². The van der Waals surface area contributed by atoms with Gasteiger partial charge >= 0.3 is 0 Å². The number of aliphatic hydroxyl groups is 2. The van der Waals surface area contributed by atoms with Gasteiger partial charge in [-0.3, -0.25) is 19.7 Å². The maximum absolute atomic E-state index is 13.6. The van der Waals surface area contributed by atoms with Crippen molar-refractivity contribution in [3.05, 3.63) is 105 Å². The summed E-state index contributed by atoms with van der Waals surface area (Å²) in [4.78, 5) is 37.3. The maximum atomic E-state index is 13.6. The van der Waals surface area contributed by atoms with Gasteiger partial charge in [-0.15, -0.1) is 0 Å². The van der Waals surface area contributed by atoms with Crippen molar-refractivity contribution in [1.29, 1.82) is 0 Å². The predicted molar refractivity (Wildman–Crippen MR) is 129 cm³/mol. The van der Waals surface area contributed by atoms with E-state index >= 15 is 0 Å². The minimum absolute atomic E-state index is 0.143. The third-order valence-electron chi connectivity index (χ3n) is 6.31. The van der Waals surface area contributed by atoms with Gasteiger partial charge < -0.3 is 19.7 Å². The van der Waals surface area contributed by atoms with Crippen LogP contribution in [0.15, 0.2) is 72.8 Å². The van der Waals surface area contributed by atoms with Crippen LogP contribution in [0.25, 0.3) is 0 Å². The fourth-order valence-corrected chi connectivity index (χ4v) is 4.31. The lowest BCUT2D eigenvalue weighted by atomic mass is 9.81. The number of nitro groups is 1.